The Morgan fingerprint density at radius 3 is 2.85 bits per heavy atom. The molecule has 0 spiro atoms. The van der Waals surface area contributed by atoms with Crippen LogP contribution in [-0.4, -0.2) is 14.8 Å². The molecule has 3 aromatic rings. The van der Waals surface area contributed by atoms with Crippen molar-refractivity contribution in [1.29, 1.82) is 5.26 Å². The van der Waals surface area contributed by atoms with Crippen molar-refractivity contribution < 1.29 is 9.15 Å². The highest BCUT2D eigenvalue weighted by Crippen LogP contribution is 2.32. The number of aryl methyl sites for hydroxylation is 1. The summed E-state index contributed by atoms with van der Waals surface area (Å²) in [5.41, 5.74) is 0.633. The van der Waals surface area contributed by atoms with E-state index in [-0.39, 0.29) is 12.4 Å². The smallest absolute Gasteiger partial charge is 0.246 e. The van der Waals surface area contributed by atoms with Crippen molar-refractivity contribution in [2.24, 2.45) is 7.05 Å². The lowest BCUT2D eigenvalue weighted by Crippen LogP contribution is -2.04. The van der Waals surface area contributed by atoms with Crippen LogP contribution < -0.4 is 4.74 Å². The maximum Gasteiger partial charge on any atom is 0.246 e. The first kappa shape index (κ1) is 12.2. The average Bonchev–Trinajstić information content (AvgIpc) is 2.98. The molecule has 1 aromatic carbocycles. The van der Waals surface area contributed by atoms with E-state index in [1.54, 1.807) is 6.07 Å². The summed E-state index contributed by atoms with van der Waals surface area (Å²) in [4.78, 5) is 0. The Kier molecular flexibility index (Phi) is 2.88. The van der Waals surface area contributed by atoms with E-state index < -0.39 is 0 Å². The van der Waals surface area contributed by atoms with Gasteiger partial charge in [-0.3, -0.25) is 0 Å². The van der Waals surface area contributed by atoms with Gasteiger partial charge in [-0.2, -0.15) is 5.26 Å². The van der Waals surface area contributed by atoms with E-state index in [1.807, 2.05) is 42.8 Å². The summed E-state index contributed by atoms with van der Waals surface area (Å²) < 4.78 is 13.0. The maximum atomic E-state index is 9.12. The summed E-state index contributed by atoms with van der Waals surface area (Å²) in [7, 11) is 1.87. The van der Waals surface area contributed by atoms with Gasteiger partial charge in [0.05, 0.1) is 5.39 Å². The fourth-order valence-electron chi connectivity index (χ4n) is 1.95. The van der Waals surface area contributed by atoms with Gasteiger partial charge in [-0.25, -0.2) is 0 Å². The van der Waals surface area contributed by atoms with Crippen LogP contribution in [0.3, 0.4) is 0 Å². The first-order chi connectivity index (χ1) is 9.70. The average molecular weight is 268 g/mol. The molecule has 0 atom stereocenters. The topological polar surface area (TPSA) is 76.9 Å². The summed E-state index contributed by atoms with van der Waals surface area (Å²) in [5.74, 6) is 2.12. The van der Waals surface area contributed by atoms with E-state index in [0.29, 0.717) is 17.2 Å². The van der Waals surface area contributed by atoms with E-state index in [9.17, 15) is 0 Å². The van der Waals surface area contributed by atoms with Crippen LogP contribution in [0.2, 0.25) is 0 Å². The predicted octanol–water partition coefficient (Wildman–Crippen LogP) is 2.32. The summed E-state index contributed by atoms with van der Waals surface area (Å²) in [5, 5.41) is 17.9. The van der Waals surface area contributed by atoms with Crippen LogP contribution >= 0.6 is 0 Å². The number of para-hydroxylation sites is 1. The van der Waals surface area contributed by atoms with Crippen LogP contribution in [-0.2, 0) is 13.7 Å². The minimum Gasteiger partial charge on any atom is -0.480 e. The number of furan rings is 1. The van der Waals surface area contributed by atoms with Gasteiger partial charge in [0.1, 0.15) is 24.1 Å². The van der Waals surface area contributed by atoms with Crippen molar-refractivity contribution in [3.8, 4) is 11.8 Å². The molecule has 3 rings (SSSR count). The fraction of sp³-hybridized carbons (Fsp3) is 0.214. The number of benzene rings is 1. The molecule has 2 heterocycles. The number of aromatic nitrogens is 3. The molecular formula is C14H12N4O2. The quantitative estimate of drug-likeness (QED) is 0.728. The van der Waals surface area contributed by atoms with E-state index >= 15 is 0 Å². The molecule has 6 heteroatoms. The Bertz CT molecular complexity index is 810. The minimum atomic E-state index is 0.171. The lowest BCUT2D eigenvalue weighted by atomic mass is 10.2. The number of nitriles is 1. The maximum absolute atomic E-state index is 9.12. The van der Waals surface area contributed by atoms with Crippen LogP contribution in [0, 0.1) is 18.3 Å². The van der Waals surface area contributed by atoms with Crippen LogP contribution in [0.5, 0.6) is 5.75 Å². The second kappa shape index (κ2) is 4.70. The molecule has 0 unspecified atom stereocenters. The molecule has 0 fully saturated rings. The molecule has 0 saturated carbocycles. The second-order valence-corrected chi connectivity index (χ2v) is 4.38. The first-order valence-electron chi connectivity index (χ1n) is 6.10. The van der Waals surface area contributed by atoms with Gasteiger partial charge in [0.25, 0.3) is 0 Å². The van der Waals surface area contributed by atoms with Gasteiger partial charge in [0, 0.05) is 7.05 Å². The van der Waals surface area contributed by atoms with Crippen LogP contribution in [0.4, 0.5) is 0 Å². The molecular weight excluding hydrogens is 256 g/mol. The number of hydrogen-bond acceptors (Lipinski definition) is 5. The van der Waals surface area contributed by atoms with Crippen LogP contribution in [0.25, 0.3) is 11.0 Å². The number of ether oxygens (including phenoxy) is 1. The molecule has 0 aliphatic rings. The van der Waals surface area contributed by atoms with Crippen molar-refractivity contribution >= 4 is 11.0 Å². The van der Waals surface area contributed by atoms with E-state index in [2.05, 4.69) is 10.2 Å². The lowest BCUT2D eigenvalue weighted by Gasteiger charge is -2.04. The fourth-order valence-corrected chi connectivity index (χ4v) is 1.95. The van der Waals surface area contributed by atoms with Gasteiger partial charge >= 0.3 is 0 Å². The lowest BCUT2D eigenvalue weighted by molar-refractivity contribution is 0.289. The number of nitrogens with zero attached hydrogens (tertiary/aromatic N) is 4. The summed E-state index contributed by atoms with van der Waals surface area (Å²) in [6.07, 6.45) is 0. The Morgan fingerprint density at radius 1 is 1.35 bits per heavy atom. The third kappa shape index (κ3) is 1.89. The van der Waals surface area contributed by atoms with Crippen molar-refractivity contribution in [1.82, 2.24) is 14.8 Å². The second-order valence-electron chi connectivity index (χ2n) is 4.38. The van der Waals surface area contributed by atoms with Crippen LogP contribution in [0.1, 0.15) is 17.4 Å². The molecule has 6 nitrogen and oxygen atoms in total. The normalized spacial score (nSPS) is 10.7. The van der Waals surface area contributed by atoms with E-state index in [4.69, 9.17) is 14.4 Å². The molecule has 0 saturated heterocycles. The van der Waals surface area contributed by atoms with Gasteiger partial charge in [0.2, 0.25) is 5.76 Å². The molecule has 0 N–H and O–H groups in total. The SMILES string of the molecule is Cc1nnc(COc2c(C#N)oc3ccccc23)n1C. The molecule has 0 aliphatic carbocycles. The molecule has 20 heavy (non-hydrogen) atoms. The Balaban J connectivity index is 1.95. The van der Waals surface area contributed by atoms with E-state index in [0.717, 1.165) is 11.2 Å². The van der Waals surface area contributed by atoms with Crippen molar-refractivity contribution in [3.63, 3.8) is 0 Å². The summed E-state index contributed by atoms with van der Waals surface area (Å²) in [6, 6.07) is 9.39. The third-order valence-electron chi connectivity index (χ3n) is 3.18. The monoisotopic (exact) mass is 268 g/mol. The minimum absolute atomic E-state index is 0.171. The molecule has 0 bridgehead atoms. The first-order valence-corrected chi connectivity index (χ1v) is 6.10. The molecule has 0 aliphatic heterocycles. The Labute approximate surface area is 115 Å². The number of hydrogen-bond donors (Lipinski definition) is 0. The highest BCUT2D eigenvalue weighted by atomic mass is 16.5. The molecule has 2 aromatic heterocycles. The highest BCUT2D eigenvalue weighted by Gasteiger charge is 2.16. The predicted molar refractivity (Wildman–Crippen MR) is 71.0 cm³/mol. The van der Waals surface area contributed by atoms with Crippen LogP contribution in [0.15, 0.2) is 28.7 Å². The zero-order valence-corrected chi connectivity index (χ0v) is 11.1. The van der Waals surface area contributed by atoms with Gasteiger partial charge < -0.3 is 13.7 Å². The summed E-state index contributed by atoms with van der Waals surface area (Å²) >= 11 is 0. The van der Waals surface area contributed by atoms with Gasteiger partial charge in [-0.05, 0) is 19.1 Å². The van der Waals surface area contributed by atoms with Crippen molar-refractivity contribution in [2.45, 2.75) is 13.5 Å². The van der Waals surface area contributed by atoms with Gasteiger partial charge in [-0.1, -0.05) is 12.1 Å². The van der Waals surface area contributed by atoms with Gasteiger partial charge in [0.15, 0.2) is 11.6 Å². The molecule has 100 valence electrons. The van der Waals surface area contributed by atoms with Crippen molar-refractivity contribution in [3.05, 3.63) is 41.7 Å². The standard InChI is InChI=1S/C14H12N4O2/c1-9-16-17-13(18(9)2)8-19-14-10-5-3-4-6-11(10)20-12(14)7-15/h3-6H,8H2,1-2H3. The summed E-state index contributed by atoms with van der Waals surface area (Å²) in [6.45, 7) is 2.10. The zero-order valence-electron chi connectivity index (χ0n) is 11.1. The Hall–Kier alpha value is -2.81. The number of rotatable bonds is 3. The highest BCUT2D eigenvalue weighted by molar-refractivity contribution is 5.86. The van der Waals surface area contributed by atoms with Crippen molar-refractivity contribution in [2.75, 3.05) is 0 Å². The Morgan fingerprint density at radius 2 is 2.15 bits per heavy atom. The van der Waals surface area contributed by atoms with E-state index in [1.165, 1.54) is 0 Å². The van der Waals surface area contributed by atoms with Gasteiger partial charge in [-0.15, -0.1) is 10.2 Å². The number of fused-ring (bicyclic) bond motifs is 1. The zero-order chi connectivity index (χ0) is 14.1. The molecule has 0 amide bonds. The third-order valence-corrected chi connectivity index (χ3v) is 3.18. The largest absolute Gasteiger partial charge is 0.480 e. The molecule has 0 radical (unpaired) electrons.